The van der Waals surface area contributed by atoms with E-state index in [9.17, 15) is 27.9 Å². The van der Waals surface area contributed by atoms with Crippen molar-refractivity contribution in [2.24, 2.45) is 11.8 Å². The van der Waals surface area contributed by atoms with Gasteiger partial charge in [0.1, 0.15) is 6.04 Å². The van der Waals surface area contributed by atoms with E-state index in [1.807, 2.05) is 6.92 Å². The second-order valence-electron chi connectivity index (χ2n) is 10.4. The Hall–Kier alpha value is -2.29. The number of likely N-dealkylation sites (tertiary alicyclic amines) is 1. The van der Waals surface area contributed by atoms with E-state index in [1.54, 1.807) is 0 Å². The van der Waals surface area contributed by atoms with E-state index in [0.717, 1.165) is 75.7 Å². The number of fused-ring (bicyclic) bond motifs is 1. The lowest BCUT2D eigenvalue weighted by Gasteiger charge is -2.34. The summed E-state index contributed by atoms with van der Waals surface area (Å²) in [5.74, 6) is 0.526. The number of hydrogen-bond donors (Lipinski definition) is 2. The number of benzene rings is 1. The van der Waals surface area contributed by atoms with E-state index in [2.05, 4.69) is 10.2 Å². The van der Waals surface area contributed by atoms with E-state index >= 15 is 0 Å². The van der Waals surface area contributed by atoms with E-state index in [4.69, 9.17) is 0 Å². The lowest BCUT2D eigenvalue weighted by molar-refractivity contribution is -0.137. The van der Waals surface area contributed by atoms with Gasteiger partial charge in [0.15, 0.2) is 0 Å². The molecule has 3 aliphatic rings. The molecule has 0 aromatic heterocycles. The van der Waals surface area contributed by atoms with Crippen molar-refractivity contribution in [3.05, 3.63) is 35.4 Å². The molecule has 0 radical (unpaired) electrons. The summed E-state index contributed by atoms with van der Waals surface area (Å²) >= 11 is 0. The van der Waals surface area contributed by atoms with Crippen LogP contribution in [0.15, 0.2) is 24.3 Å². The van der Waals surface area contributed by atoms with Crippen LogP contribution in [0.2, 0.25) is 0 Å². The highest BCUT2D eigenvalue weighted by molar-refractivity contribution is 5.85. The van der Waals surface area contributed by atoms with Gasteiger partial charge in [0.2, 0.25) is 5.91 Å². The first-order valence-corrected chi connectivity index (χ1v) is 12.9. The summed E-state index contributed by atoms with van der Waals surface area (Å²) in [6.45, 7) is 4.19. The highest BCUT2D eigenvalue weighted by atomic mass is 19.4. The molecule has 1 saturated heterocycles. The number of halogens is 3. The maximum atomic E-state index is 13.3. The third-order valence-electron chi connectivity index (χ3n) is 8.09. The number of carbonyl (C=O) groups is 2. The Morgan fingerprint density at radius 3 is 2.40 bits per heavy atom. The van der Waals surface area contributed by atoms with Crippen molar-refractivity contribution in [1.82, 2.24) is 15.1 Å². The average molecular weight is 496 g/mol. The fourth-order valence-corrected chi connectivity index (χ4v) is 6.40. The van der Waals surface area contributed by atoms with Crippen molar-refractivity contribution >= 4 is 12.0 Å². The lowest BCUT2D eigenvalue weighted by atomic mass is 9.97. The highest BCUT2D eigenvalue weighted by Gasteiger charge is 2.44. The van der Waals surface area contributed by atoms with Crippen LogP contribution < -0.4 is 5.32 Å². The van der Waals surface area contributed by atoms with E-state index in [0.29, 0.717) is 18.9 Å². The van der Waals surface area contributed by atoms with Crippen molar-refractivity contribution in [1.29, 1.82) is 0 Å². The SMILES string of the molecule is CCC[C@@H](C(=O)NC1CCC2CN(Cc3ccc(C(F)(F)F)cc3)C[C@@H]21)N(C(=O)O)C1CCCC1. The first kappa shape index (κ1) is 25.8. The Morgan fingerprint density at radius 1 is 1.11 bits per heavy atom. The Bertz CT molecular complexity index is 886. The number of carbonyl (C=O) groups excluding carboxylic acids is 1. The zero-order valence-electron chi connectivity index (χ0n) is 20.3. The molecule has 1 aromatic rings. The van der Waals surface area contributed by atoms with Crippen LogP contribution in [0.4, 0.5) is 18.0 Å². The van der Waals surface area contributed by atoms with Crippen LogP contribution in [-0.2, 0) is 17.5 Å². The molecule has 2 saturated carbocycles. The van der Waals surface area contributed by atoms with Crippen molar-refractivity contribution < 1.29 is 27.9 Å². The Kier molecular flexibility index (Phi) is 7.93. The van der Waals surface area contributed by atoms with Gasteiger partial charge in [0.05, 0.1) is 5.56 Å². The number of hydrogen-bond acceptors (Lipinski definition) is 3. The van der Waals surface area contributed by atoms with Gasteiger partial charge in [-0.05, 0) is 61.6 Å². The lowest BCUT2D eigenvalue weighted by Crippen LogP contribution is -2.55. The third kappa shape index (κ3) is 5.93. The monoisotopic (exact) mass is 495 g/mol. The maximum absolute atomic E-state index is 13.3. The standard InChI is InChI=1S/C26H36F3N3O3/c1-2-5-23(32(25(34)35)20-6-3-4-7-20)24(33)30-22-13-10-18-15-31(16-21(18)22)14-17-8-11-19(12-9-17)26(27,28)29/h8-9,11-12,18,20-23H,2-7,10,13-16H2,1H3,(H,30,33)(H,34,35)/t18?,21-,22?,23-/m0/s1. The topological polar surface area (TPSA) is 72.9 Å². The van der Waals surface area contributed by atoms with Gasteiger partial charge in [-0.3, -0.25) is 14.6 Å². The molecule has 1 aromatic carbocycles. The van der Waals surface area contributed by atoms with Gasteiger partial charge in [-0.2, -0.15) is 13.2 Å². The smallest absolute Gasteiger partial charge is 0.416 e. The largest absolute Gasteiger partial charge is 0.465 e. The molecule has 1 heterocycles. The second kappa shape index (κ2) is 10.8. The van der Waals surface area contributed by atoms with Crippen LogP contribution in [0.3, 0.4) is 0 Å². The fourth-order valence-electron chi connectivity index (χ4n) is 6.40. The minimum atomic E-state index is -4.34. The number of rotatable bonds is 8. The van der Waals surface area contributed by atoms with Gasteiger partial charge in [-0.1, -0.05) is 38.3 Å². The summed E-state index contributed by atoms with van der Waals surface area (Å²) in [5.41, 5.74) is 0.201. The number of alkyl halides is 3. The van der Waals surface area contributed by atoms with Gasteiger partial charge in [-0.25, -0.2) is 4.79 Å². The Balaban J connectivity index is 1.37. The number of nitrogens with one attached hydrogen (secondary N) is 1. The zero-order valence-corrected chi connectivity index (χ0v) is 20.3. The molecule has 2 unspecified atom stereocenters. The quantitative estimate of drug-likeness (QED) is 0.525. The molecule has 35 heavy (non-hydrogen) atoms. The van der Waals surface area contributed by atoms with Gasteiger partial charge in [-0.15, -0.1) is 0 Å². The molecule has 4 atom stereocenters. The predicted molar refractivity (Wildman–Crippen MR) is 126 cm³/mol. The molecule has 2 amide bonds. The number of nitrogens with zero attached hydrogens (tertiary/aromatic N) is 2. The van der Waals surface area contributed by atoms with Crippen LogP contribution in [0, 0.1) is 11.8 Å². The molecule has 2 N–H and O–H groups in total. The molecule has 194 valence electrons. The van der Waals surface area contributed by atoms with Crippen molar-refractivity contribution in [3.63, 3.8) is 0 Å². The molecule has 4 rings (SSSR count). The second-order valence-corrected chi connectivity index (χ2v) is 10.4. The molecule has 0 spiro atoms. The first-order valence-electron chi connectivity index (χ1n) is 12.9. The Labute approximate surface area is 204 Å². The van der Waals surface area contributed by atoms with Crippen LogP contribution in [0.25, 0.3) is 0 Å². The minimum Gasteiger partial charge on any atom is -0.465 e. The predicted octanol–water partition coefficient (Wildman–Crippen LogP) is 5.12. The van der Waals surface area contributed by atoms with E-state index < -0.39 is 23.9 Å². The molecular weight excluding hydrogens is 459 g/mol. The van der Waals surface area contributed by atoms with Gasteiger partial charge in [0.25, 0.3) is 0 Å². The highest BCUT2D eigenvalue weighted by Crippen LogP contribution is 2.39. The van der Waals surface area contributed by atoms with Crippen molar-refractivity contribution in [2.75, 3.05) is 13.1 Å². The number of carboxylic acid groups (broad SMARTS) is 1. The summed E-state index contributed by atoms with van der Waals surface area (Å²) < 4.78 is 38.5. The Morgan fingerprint density at radius 2 is 1.80 bits per heavy atom. The van der Waals surface area contributed by atoms with E-state index in [1.165, 1.54) is 17.0 Å². The molecule has 6 nitrogen and oxygen atoms in total. The molecule has 0 bridgehead atoms. The summed E-state index contributed by atoms with van der Waals surface area (Å²) in [5, 5.41) is 13.1. The normalized spacial score (nSPS) is 26.0. The molecule has 2 aliphatic carbocycles. The summed E-state index contributed by atoms with van der Waals surface area (Å²) in [6, 6.07) is 4.58. The van der Waals surface area contributed by atoms with Crippen LogP contribution >= 0.6 is 0 Å². The molecule has 3 fully saturated rings. The van der Waals surface area contributed by atoms with Crippen LogP contribution in [0.5, 0.6) is 0 Å². The van der Waals surface area contributed by atoms with Gasteiger partial charge < -0.3 is 10.4 Å². The minimum absolute atomic E-state index is 0.00341. The molecule has 1 aliphatic heterocycles. The summed E-state index contributed by atoms with van der Waals surface area (Å²) in [7, 11) is 0. The summed E-state index contributed by atoms with van der Waals surface area (Å²) in [6.07, 6.45) is 1.37. The average Bonchev–Trinajstić information content (AvgIpc) is 3.52. The number of amides is 2. The van der Waals surface area contributed by atoms with Gasteiger partial charge >= 0.3 is 12.3 Å². The van der Waals surface area contributed by atoms with Crippen molar-refractivity contribution in [3.8, 4) is 0 Å². The third-order valence-corrected chi connectivity index (χ3v) is 8.09. The molecular formula is C26H36F3N3O3. The van der Waals surface area contributed by atoms with E-state index in [-0.39, 0.29) is 23.9 Å². The van der Waals surface area contributed by atoms with Crippen LogP contribution in [-0.4, -0.2) is 58.1 Å². The van der Waals surface area contributed by atoms with Crippen molar-refractivity contribution in [2.45, 2.75) is 89.1 Å². The summed E-state index contributed by atoms with van der Waals surface area (Å²) in [4.78, 5) is 29.1. The van der Waals surface area contributed by atoms with Gasteiger partial charge in [0, 0.05) is 31.7 Å². The first-order chi connectivity index (χ1) is 16.7. The maximum Gasteiger partial charge on any atom is 0.416 e. The van der Waals surface area contributed by atoms with Crippen LogP contribution in [0.1, 0.15) is 69.4 Å². The molecule has 9 heteroatoms. The zero-order chi connectivity index (χ0) is 25.2. The fraction of sp³-hybridized carbons (Fsp3) is 0.692.